The molecule has 3 N–H and O–H groups in total. The molecule has 2 rings (SSSR count). The van der Waals surface area contributed by atoms with Crippen LogP contribution in [0.2, 0.25) is 0 Å². The van der Waals surface area contributed by atoms with Gasteiger partial charge in [-0.05, 0) is 36.2 Å². The molecule has 2 aromatic rings. The molecule has 1 heterocycles. The summed E-state index contributed by atoms with van der Waals surface area (Å²) < 4.78 is 5.50. The topological polar surface area (TPSA) is 84.0 Å². The van der Waals surface area contributed by atoms with E-state index in [0.717, 1.165) is 12.0 Å². The van der Waals surface area contributed by atoms with Gasteiger partial charge in [0.05, 0.1) is 23.9 Å². The number of nitriles is 1. The number of hydrogen-bond acceptors (Lipinski definition) is 5. The van der Waals surface area contributed by atoms with Gasteiger partial charge < -0.3 is 15.8 Å². The lowest BCUT2D eigenvalue weighted by atomic mass is 10.1. The van der Waals surface area contributed by atoms with Gasteiger partial charge in [-0.25, -0.2) is 0 Å². The first-order chi connectivity index (χ1) is 10.2. The average molecular weight is 282 g/mol. The average Bonchev–Trinajstić information content (AvgIpc) is 2.53. The molecule has 0 amide bonds. The van der Waals surface area contributed by atoms with Gasteiger partial charge in [-0.1, -0.05) is 19.1 Å². The van der Waals surface area contributed by atoms with Crippen molar-refractivity contribution in [3.05, 3.63) is 47.5 Å². The molecule has 0 unspecified atom stereocenters. The Labute approximate surface area is 124 Å². The molecule has 108 valence electrons. The second kappa shape index (κ2) is 7.15. The Morgan fingerprint density at radius 1 is 1.33 bits per heavy atom. The van der Waals surface area contributed by atoms with Crippen molar-refractivity contribution in [3.8, 4) is 11.9 Å². The molecule has 1 aromatic heterocycles. The minimum Gasteiger partial charge on any atom is -0.476 e. The molecular formula is C16H18N4O. The number of nitrogens with two attached hydrogens (primary N) is 1. The number of aromatic nitrogens is 1. The van der Waals surface area contributed by atoms with Crippen LogP contribution in [0.3, 0.4) is 0 Å². The van der Waals surface area contributed by atoms with Crippen molar-refractivity contribution in [2.24, 2.45) is 0 Å². The molecule has 0 fully saturated rings. The standard InChI is InChI=1S/C16H18N4O/c1-2-8-21-16-14(18)6-7-15(20-16)19-11-13-5-3-4-12(9-13)10-17/h3-7,9H,2,8,11,18H2,1H3,(H,19,20). The van der Waals surface area contributed by atoms with E-state index in [0.29, 0.717) is 36.1 Å². The summed E-state index contributed by atoms with van der Waals surface area (Å²) in [6.45, 7) is 3.20. The van der Waals surface area contributed by atoms with Gasteiger partial charge in [-0.15, -0.1) is 0 Å². The number of nitrogen functional groups attached to an aromatic ring is 1. The van der Waals surface area contributed by atoms with E-state index in [1.165, 1.54) is 0 Å². The highest BCUT2D eigenvalue weighted by atomic mass is 16.5. The van der Waals surface area contributed by atoms with Crippen molar-refractivity contribution in [3.63, 3.8) is 0 Å². The third-order valence-electron chi connectivity index (χ3n) is 2.86. The van der Waals surface area contributed by atoms with Gasteiger partial charge in [0, 0.05) is 6.54 Å². The predicted molar refractivity (Wildman–Crippen MR) is 82.9 cm³/mol. The molecule has 5 nitrogen and oxygen atoms in total. The number of benzene rings is 1. The van der Waals surface area contributed by atoms with Gasteiger partial charge in [0.15, 0.2) is 0 Å². The number of rotatable bonds is 6. The lowest BCUT2D eigenvalue weighted by Crippen LogP contribution is -2.05. The largest absolute Gasteiger partial charge is 0.476 e. The van der Waals surface area contributed by atoms with Crippen molar-refractivity contribution in [1.29, 1.82) is 5.26 Å². The van der Waals surface area contributed by atoms with Gasteiger partial charge in [0.1, 0.15) is 5.82 Å². The lowest BCUT2D eigenvalue weighted by molar-refractivity contribution is 0.307. The molecule has 0 saturated carbocycles. The summed E-state index contributed by atoms with van der Waals surface area (Å²) in [6.07, 6.45) is 0.903. The minimum atomic E-state index is 0.452. The van der Waals surface area contributed by atoms with Crippen LogP contribution >= 0.6 is 0 Å². The van der Waals surface area contributed by atoms with Crippen LogP contribution in [0.25, 0.3) is 0 Å². The number of nitrogens with zero attached hydrogens (tertiary/aromatic N) is 2. The van der Waals surface area contributed by atoms with Crippen LogP contribution in [-0.2, 0) is 6.54 Å². The Kier molecular flexibility index (Phi) is 4.99. The number of hydrogen-bond donors (Lipinski definition) is 2. The van der Waals surface area contributed by atoms with Crippen LogP contribution in [0.4, 0.5) is 11.5 Å². The number of nitrogens with one attached hydrogen (secondary N) is 1. The molecule has 1 aromatic carbocycles. The zero-order valence-corrected chi connectivity index (χ0v) is 12.0. The number of ether oxygens (including phenoxy) is 1. The molecule has 0 aliphatic heterocycles. The predicted octanol–water partition coefficient (Wildman–Crippen LogP) is 2.94. The van der Waals surface area contributed by atoms with Crippen molar-refractivity contribution in [2.75, 3.05) is 17.7 Å². The SMILES string of the molecule is CCCOc1nc(NCc2cccc(C#N)c2)ccc1N. The van der Waals surface area contributed by atoms with Crippen molar-refractivity contribution >= 4 is 11.5 Å². The monoisotopic (exact) mass is 282 g/mol. The van der Waals surface area contributed by atoms with E-state index in [-0.39, 0.29) is 0 Å². The fourth-order valence-electron chi connectivity index (χ4n) is 1.81. The van der Waals surface area contributed by atoms with Crippen LogP contribution in [0, 0.1) is 11.3 Å². The highest BCUT2D eigenvalue weighted by Crippen LogP contribution is 2.21. The summed E-state index contributed by atoms with van der Waals surface area (Å²) in [4.78, 5) is 4.34. The second-order valence-corrected chi connectivity index (χ2v) is 4.61. The quantitative estimate of drug-likeness (QED) is 0.851. The van der Waals surface area contributed by atoms with E-state index < -0.39 is 0 Å². The third kappa shape index (κ3) is 4.11. The molecule has 0 aliphatic carbocycles. The highest BCUT2D eigenvalue weighted by molar-refractivity contribution is 5.53. The van der Waals surface area contributed by atoms with Crippen LogP contribution in [0.5, 0.6) is 5.88 Å². The molecule has 0 saturated heterocycles. The molecule has 5 heteroatoms. The fraction of sp³-hybridized carbons (Fsp3) is 0.250. The van der Waals surface area contributed by atoms with Gasteiger partial charge >= 0.3 is 0 Å². The maximum Gasteiger partial charge on any atom is 0.239 e. The van der Waals surface area contributed by atoms with E-state index in [1.807, 2.05) is 31.2 Å². The Bertz CT molecular complexity index is 649. The second-order valence-electron chi connectivity index (χ2n) is 4.61. The summed E-state index contributed by atoms with van der Waals surface area (Å²) in [5.74, 6) is 1.14. The van der Waals surface area contributed by atoms with Crippen LogP contribution in [0.1, 0.15) is 24.5 Å². The summed E-state index contributed by atoms with van der Waals surface area (Å²) in [5.41, 5.74) is 8.01. The van der Waals surface area contributed by atoms with Gasteiger partial charge in [-0.2, -0.15) is 10.2 Å². The zero-order valence-electron chi connectivity index (χ0n) is 12.0. The Balaban J connectivity index is 2.04. The summed E-state index contributed by atoms with van der Waals surface area (Å²) >= 11 is 0. The normalized spacial score (nSPS) is 9.90. The lowest BCUT2D eigenvalue weighted by Gasteiger charge is -2.10. The van der Waals surface area contributed by atoms with Crippen molar-refractivity contribution < 1.29 is 4.74 Å². The summed E-state index contributed by atoms with van der Waals surface area (Å²) in [6, 6.07) is 13.1. The van der Waals surface area contributed by atoms with Crippen LogP contribution in [0.15, 0.2) is 36.4 Å². The first-order valence-corrected chi connectivity index (χ1v) is 6.85. The number of anilines is 2. The van der Waals surface area contributed by atoms with E-state index in [9.17, 15) is 0 Å². The Hall–Kier alpha value is -2.74. The van der Waals surface area contributed by atoms with Gasteiger partial charge in [0.25, 0.3) is 0 Å². The molecule has 0 aliphatic rings. The molecule has 21 heavy (non-hydrogen) atoms. The molecular weight excluding hydrogens is 264 g/mol. The van der Waals surface area contributed by atoms with Gasteiger partial charge in [0.2, 0.25) is 5.88 Å². The maximum absolute atomic E-state index is 8.88. The summed E-state index contributed by atoms with van der Waals surface area (Å²) in [7, 11) is 0. The van der Waals surface area contributed by atoms with E-state index in [1.54, 1.807) is 12.1 Å². The first kappa shape index (κ1) is 14.7. The zero-order chi connectivity index (χ0) is 15.1. The van der Waals surface area contributed by atoms with Crippen LogP contribution < -0.4 is 15.8 Å². The van der Waals surface area contributed by atoms with Crippen molar-refractivity contribution in [2.45, 2.75) is 19.9 Å². The first-order valence-electron chi connectivity index (χ1n) is 6.85. The molecule has 0 radical (unpaired) electrons. The minimum absolute atomic E-state index is 0.452. The maximum atomic E-state index is 8.88. The van der Waals surface area contributed by atoms with Gasteiger partial charge in [-0.3, -0.25) is 0 Å². The van der Waals surface area contributed by atoms with Crippen molar-refractivity contribution in [1.82, 2.24) is 4.98 Å². The fourth-order valence-corrected chi connectivity index (χ4v) is 1.81. The summed E-state index contributed by atoms with van der Waals surface area (Å²) in [5, 5.41) is 12.1. The van der Waals surface area contributed by atoms with Crippen LogP contribution in [-0.4, -0.2) is 11.6 Å². The van der Waals surface area contributed by atoms with E-state index in [4.69, 9.17) is 15.7 Å². The third-order valence-corrected chi connectivity index (χ3v) is 2.86. The highest BCUT2D eigenvalue weighted by Gasteiger charge is 2.04. The number of pyridine rings is 1. The Morgan fingerprint density at radius 3 is 2.95 bits per heavy atom. The van der Waals surface area contributed by atoms with E-state index >= 15 is 0 Å². The molecule has 0 atom stereocenters. The molecule has 0 bridgehead atoms. The smallest absolute Gasteiger partial charge is 0.239 e. The molecule has 0 spiro atoms. The Morgan fingerprint density at radius 2 is 2.19 bits per heavy atom. The van der Waals surface area contributed by atoms with E-state index in [2.05, 4.69) is 16.4 Å².